The third-order valence-electron chi connectivity index (χ3n) is 6.57. The summed E-state index contributed by atoms with van der Waals surface area (Å²) in [6.45, 7) is 1.20. The molecule has 0 saturated carbocycles. The predicted octanol–water partition coefficient (Wildman–Crippen LogP) is 4.13. The van der Waals surface area contributed by atoms with Crippen LogP contribution in [0.15, 0.2) is 48.8 Å². The van der Waals surface area contributed by atoms with Crippen LogP contribution in [0.2, 0.25) is 0 Å². The smallest absolute Gasteiger partial charge is 0.422 e. The third kappa shape index (κ3) is 5.44. The second-order valence-electron chi connectivity index (χ2n) is 9.35. The zero-order valence-electron chi connectivity index (χ0n) is 20.7. The van der Waals surface area contributed by atoms with Crippen molar-refractivity contribution >= 4 is 23.2 Å². The Morgan fingerprint density at radius 2 is 1.82 bits per heavy atom. The first-order valence-electron chi connectivity index (χ1n) is 12.2. The number of nitrogens with zero attached hydrogens (tertiary/aromatic N) is 4. The number of fused-ring (bicyclic) bond motifs is 1. The highest BCUT2D eigenvalue weighted by Gasteiger charge is 2.36. The number of H-pyrrole nitrogens is 1. The largest absolute Gasteiger partial charge is 0.482 e. The molecule has 0 atom stereocenters. The van der Waals surface area contributed by atoms with E-state index >= 15 is 0 Å². The van der Waals surface area contributed by atoms with Crippen LogP contribution in [-0.4, -0.2) is 89.0 Å². The number of hydrogen-bond donors (Lipinski definition) is 2. The molecule has 0 bridgehead atoms. The number of aromatic nitrogens is 2. The van der Waals surface area contributed by atoms with Crippen molar-refractivity contribution in [2.45, 2.75) is 12.7 Å². The van der Waals surface area contributed by atoms with Gasteiger partial charge >= 0.3 is 12.2 Å². The molecular formula is C26H27F3N6O3. The molecule has 38 heavy (non-hydrogen) atoms. The lowest BCUT2D eigenvalue weighted by atomic mass is 10.0. The third-order valence-corrected chi connectivity index (χ3v) is 6.57. The summed E-state index contributed by atoms with van der Waals surface area (Å²) in [4.78, 5) is 39.2. The van der Waals surface area contributed by atoms with Crippen LogP contribution in [0.3, 0.4) is 0 Å². The molecule has 3 aromatic rings. The van der Waals surface area contributed by atoms with E-state index in [1.165, 1.54) is 23.4 Å². The Labute approximate surface area is 217 Å². The minimum atomic E-state index is -4.53. The maximum absolute atomic E-state index is 13.5. The fourth-order valence-corrected chi connectivity index (χ4v) is 4.66. The fourth-order valence-electron chi connectivity index (χ4n) is 4.66. The molecule has 0 radical (unpaired) electrons. The van der Waals surface area contributed by atoms with Crippen molar-refractivity contribution in [3.05, 3.63) is 60.0 Å². The monoisotopic (exact) mass is 528 g/mol. The van der Waals surface area contributed by atoms with Crippen LogP contribution >= 0.6 is 0 Å². The average molecular weight is 529 g/mol. The summed E-state index contributed by atoms with van der Waals surface area (Å²) >= 11 is 0. The van der Waals surface area contributed by atoms with Crippen LogP contribution in [-0.2, 0) is 6.54 Å². The first-order chi connectivity index (χ1) is 18.2. The first kappa shape index (κ1) is 25.6. The van der Waals surface area contributed by atoms with E-state index in [9.17, 15) is 22.8 Å². The summed E-state index contributed by atoms with van der Waals surface area (Å²) in [6, 6.07) is 10.4. The number of Topliss-reactive ketones (excluding diaryl/α,β-unsaturated/α-hetero) is 1. The molecule has 200 valence electrons. The zero-order valence-corrected chi connectivity index (χ0v) is 20.7. The highest BCUT2D eigenvalue weighted by atomic mass is 19.4. The van der Waals surface area contributed by atoms with Gasteiger partial charge in [0.05, 0.1) is 36.2 Å². The van der Waals surface area contributed by atoms with Crippen LogP contribution in [0.1, 0.15) is 16.1 Å². The number of benzene rings is 1. The molecule has 2 amide bonds. The number of nitrogens with one attached hydrogen (secondary N) is 2. The predicted molar refractivity (Wildman–Crippen MR) is 135 cm³/mol. The molecular weight excluding hydrogens is 501 g/mol. The van der Waals surface area contributed by atoms with Gasteiger partial charge in [0, 0.05) is 49.3 Å². The van der Waals surface area contributed by atoms with E-state index in [0.717, 1.165) is 13.1 Å². The Balaban J connectivity index is 1.52. The number of urea groups is 1. The number of halogens is 3. The standard InChI is InChI=1S/C26H27F3N6O3/c1-33-9-11-34(12-10-33)25(37)35-14-19-22(20(36)15-35)24(31-17-5-3-2-4-6-17)23(32-19)18-7-8-30-13-21(18)38-16-26(27,28)29/h2-8,13,31-32H,9-12,14-16H2,1H3. The number of aromatic amines is 1. The summed E-state index contributed by atoms with van der Waals surface area (Å²) in [5.74, 6) is -0.362. The molecule has 2 N–H and O–H groups in total. The van der Waals surface area contributed by atoms with Crippen LogP contribution in [0.25, 0.3) is 11.3 Å². The van der Waals surface area contributed by atoms with Crippen molar-refractivity contribution in [2.75, 3.05) is 51.7 Å². The molecule has 0 aliphatic carbocycles. The minimum Gasteiger partial charge on any atom is -0.482 e. The van der Waals surface area contributed by atoms with Crippen molar-refractivity contribution in [2.24, 2.45) is 0 Å². The van der Waals surface area contributed by atoms with Crippen LogP contribution in [0.5, 0.6) is 5.75 Å². The van der Waals surface area contributed by atoms with Gasteiger partial charge in [-0.2, -0.15) is 13.2 Å². The molecule has 9 nitrogen and oxygen atoms in total. The van der Waals surface area contributed by atoms with Crippen LogP contribution < -0.4 is 10.1 Å². The fraction of sp³-hybridized carbons (Fsp3) is 0.346. The molecule has 5 rings (SSSR count). The number of para-hydroxylation sites is 1. The van der Waals surface area contributed by atoms with Gasteiger partial charge in [-0.25, -0.2) is 4.79 Å². The lowest BCUT2D eigenvalue weighted by molar-refractivity contribution is -0.153. The number of carbonyl (C=O) groups excluding carboxylic acids is 2. The number of ether oxygens (including phenoxy) is 1. The highest BCUT2D eigenvalue weighted by molar-refractivity contribution is 6.09. The SMILES string of the molecule is CN1CCN(C(=O)N2CC(=O)c3c([nH]c(-c4ccncc4OCC(F)(F)F)c3Nc3ccccc3)C2)CC1. The molecule has 2 aliphatic rings. The van der Waals surface area contributed by atoms with Crippen molar-refractivity contribution in [1.82, 2.24) is 24.7 Å². The summed E-state index contributed by atoms with van der Waals surface area (Å²) in [5, 5.41) is 3.25. The van der Waals surface area contributed by atoms with Gasteiger partial charge in [0.25, 0.3) is 0 Å². The number of hydrogen-bond acceptors (Lipinski definition) is 6. The van der Waals surface area contributed by atoms with E-state index in [0.29, 0.717) is 47.0 Å². The van der Waals surface area contributed by atoms with Gasteiger partial charge < -0.3 is 29.7 Å². The first-order valence-corrected chi connectivity index (χ1v) is 12.2. The van der Waals surface area contributed by atoms with Gasteiger partial charge in [-0.1, -0.05) is 18.2 Å². The molecule has 1 aromatic carbocycles. The Bertz CT molecular complexity index is 1320. The highest BCUT2D eigenvalue weighted by Crippen LogP contribution is 2.41. The second-order valence-corrected chi connectivity index (χ2v) is 9.35. The Morgan fingerprint density at radius 1 is 1.08 bits per heavy atom. The molecule has 0 unspecified atom stereocenters. The number of likely N-dealkylation sites (N-methyl/N-ethyl adjacent to an activating group) is 1. The van der Waals surface area contributed by atoms with E-state index in [4.69, 9.17) is 4.74 Å². The zero-order chi connectivity index (χ0) is 26.9. The lowest BCUT2D eigenvalue weighted by Crippen LogP contribution is -2.53. The molecule has 12 heteroatoms. The van der Waals surface area contributed by atoms with Gasteiger partial charge in [-0.15, -0.1) is 0 Å². The summed E-state index contributed by atoms with van der Waals surface area (Å²) in [5.41, 5.74) is 2.64. The molecule has 2 aromatic heterocycles. The number of ketones is 1. The number of carbonyl (C=O) groups is 2. The molecule has 1 saturated heterocycles. The second kappa shape index (κ2) is 10.4. The van der Waals surface area contributed by atoms with Gasteiger partial charge in [-0.3, -0.25) is 9.78 Å². The van der Waals surface area contributed by atoms with Crippen LogP contribution in [0.4, 0.5) is 29.3 Å². The molecule has 0 spiro atoms. The summed E-state index contributed by atoms with van der Waals surface area (Å²) < 4.78 is 43.8. The lowest BCUT2D eigenvalue weighted by Gasteiger charge is -2.37. The number of rotatable bonds is 5. The van der Waals surface area contributed by atoms with E-state index < -0.39 is 12.8 Å². The molecule has 2 aliphatic heterocycles. The van der Waals surface area contributed by atoms with Crippen molar-refractivity contribution in [3.8, 4) is 17.0 Å². The number of piperazine rings is 1. The van der Waals surface area contributed by atoms with E-state index in [1.54, 1.807) is 4.90 Å². The van der Waals surface area contributed by atoms with E-state index in [-0.39, 0.29) is 30.7 Å². The van der Waals surface area contributed by atoms with Crippen molar-refractivity contribution in [1.29, 1.82) is 0 Å². The van der Waals surface area contributed by atoms with Crippen LogP contribution in [0, 0.1) is 0 Å². The quantitative estimate of drug-likeness (QED) is 0.518. The van der Waals surface area contributed by atoms with Gasteiger partial charge in [0.1, 0.15) is 5.75 Å². The number of amides is 2. The van der Waals surface area contributed by atoms with Gasteiger partial charge in [0.15, 0.2) is 12.4 Å². The Morgan fingerprint density at radius 3 is 2.53 bits per heavy atom. The number of alkyl halides is 3. The molecule has 1 fully saturated rings. The number of pyridine rings is 1. The van der Waals surface area contributed by atoms with E-state index in [2.05, 4.69) is 20.2 Å². The molecule has 4 heterocycles. The van der Waals surface area contributed by atoms with E-state index in [1.807, 2.05) is 37.4 Å². The van der Waals surface area contributed by atoms with Crippen molar-refractivity contribution in [3.63, 3.8) is 0 Å². The average Bonchev–Trinajstić information content (AvgIpc) is 3.26. The summed E-state index contributed by atoms with van der Waals surface area (Å²) in [7, 11) is 1.99. The Kier molecular flexibility index (Phi) is 6.98. The topological polar surface area (TPSA) is 93.8 Å². The normalized spacial score (nSPS) is 16.4. The van der Waals surface area contributed by atoms with Crippen molar-refractivity contribution < 1.29 is 27.5 Å². The maximum Gasteiger partial charge on any atom is 0.422 e. The maximum atomic E-state index is 13.5. The summed E-state index contributed by atoms with van der Waals surface area (Å²) in [6.07, 6.45) is -1.89. The Hall–Kier alpha value is -4.06. The van der Waals surface area contributed by atoms with Gasteiger partial charge in [0.2, 0.25) is 0 Å². The minimum absolute atomic E-state index is 0.0858. The number of anilines is 2. The van der Waals surface area contributed by atoms with Gasteiger partial charge in [-0.05, 0) is 25.2 Å².